The van der Waals surface area contributed by atoms with Crippen LogP contribution in [0, 0.1) is 10.1 Å². The molecule has 0 saturated heterocycles. The first-order chi connectivity index (χ1) is 8.54. The van der Waals surface area contributed by atoms with E-state index in [1.165, 1.54) is 18.2 Å². The maximum absolute atomic E-state index is 11.4. The second kappa shape index (κ2) is 7.07. The average Bonchev–Trinajstić information content (AvgIpc) is 2.28. The van der Waals surface area contributed by atoms with Crippen LogP contribution in [0.2, 0.25) is 0 Å². The second-order valence-electron chi connectivity index (χ2n) is 3.52. The maximum Gasteiger partial charge on any atom is 0.283 e. The lowest BCUT2D eigenvalue weighted by Gasteiger charge is -2.06. The van der Waals surface area contributed by atoms with Crippen LogP contribution in [0.25, 0.3) is 0 Å². The Hall–Kier alpha value is -1.47. The quantitative estimate of drug-likeness (QED) is 0.497. The molecule has 18 heavy (non-hydrogen) atoms. The highest BCUT2D eigenvalue weighted by molar-refractivity contribution is 9.10. The molecule has 1 amide bonds. The van der Waals surface area contributed by atoms with E-state index in [0.717, 1.165) is 6.42 Å². The molecular weight excluding hydrogens is 304 g/mol. The van der Waals surface area contributed by atoms with Crippen molar-refractivity contribution in [3.8, 4) is 0 Å². The zero-order valence-electron chi connectivity index (χ0n) is 9.81. The van der Waals surface area contributed by atoms with Gasteiger partial charge in [0.05, 0.1) is 9.40 Å². The summed E-state index contributed by atoms with van der Waals surface area (Å²) >= 11 is 3.08. The largest absolute Gasteiger partial charge is 0.372 e. The average molecular weight is 317 g/mol. The molecule has 0 aromatic heterocycles. The molecule has 0 atom stereocenters. The zero-order valence-corrected chi connectivity index (χ0v) is 11.4. The Bertz CT molecular complexity index is 451. The van der Waals surface area contributed by atoms with E-state index in [9.17, 15) is 14.9 Å². The van der Waals surface area contributed by atoms with E-state index in [0.29, 0.717) is 16.8 Å². The Morgan fingerprint density at radius 2 is 2.28 bits per heavy atom. The molecule has 0 aliphatic carbocycles. The number of benzene rings is 1. The number of nitro benzene ring substituents is 1. The highest BCUT2D eigenvalue weighted by Crippen LogP contribution is 2.27. The number of anilines is 1. The number of nitro groups is 1. The van der Waals surface area contributed by atoms with Crippen LogP contribution in [0.5, 0.6) is 0 Å². The molecule has 0 unspecified atom stereocenters. The number of carbonyl (C=O) groups is 1. The van der Waals surface area contributed by atoms with E-state index in [4.69, 9.17) is 4.74 Å². The first-order valence-electron chi connectivity index (χ1n) is 5.36. The standard InChI is InChI=1S/C11H13BrN2O4/c1-2-5-18-7-11(15)13-8-3-4-10(14(16)17)9(12)6-8/h3-4,6H,2,5,7H2,1H3,(H,13,15). The number of nitrogens with one attached hydrogen (secondary N) is 1. The monoisotopic (exact) mass is 316 g/mol. The number of amides is 1. The fraction of sp³-hybridized carbons (Fsp3) is 0.364. The molecule has 0 saturated carbocycles. The number of nitrogens with zero attached hydrogens (tertiary/aromatic N) is 1. The van der Waals surface area contributed by atoms with Gasteiger partial charge in [-0.1, -0.05) is 6.92 Å². The summed E-state index contributed by atoms with van der Waals surface area (Å²) in [6.45, 7) is 2.45. The summed E-state index contributed by atoms with van der Waals surface area (Å²) in [5.41, 5.74) is 0.438. The van der Waals surface area contributed by atoms with Gasteiger partial charge in [0, 0.05) is 18.4 Å². The summed E-state index contributed by atoms with van der Waals surface area (Å²) in [4.78, 5) is 21.5. The van der Waals surface area contributed by atoms with Gasteiger partial charge in [-0.3, -0.25) is 14.9 Å². The van der Waals surface area contributed by atoms with Gasteiger partial charge in [0.25, 0.3) is 5.69 Å². The molecule has 0 bridgehead atoms. The van der Waals surface area contributed by atoms with Crippen LogP contribution < -0.4 is 5.32 Å². The number of rotatable bonds is 6. The van der Waals surface area contributed by atoms with Crippen molar-refractivity contribution in [2.24, 2.45) is 0 Å². The first-order valence-corrected chi connectivity index (χ1v) is 6.15. The predicted molar refractivity (Wildman–Crippen MR) is 70.5 cm³/mol. The van der Waals surface area contributed by atoms with Gasteiger partial charge in [-0.15, -0.1) is 0 Å². The van der Waals surface area contributed by atoms with E-state index in [1.54, 1.807) is 0 Å². The van der Waals surface area contributed by atoms with Crippen LogP contribution in [0.15, 0.2) is 22.7 Å². The summed E-state index contributed by atoms with van der Waals surface area (Å²) in [5, 5.41) is 13.2. The van der Waals surface area contributed by atoms with Crippen molar-refractivity contribution < 1.29 is 14.5 Å². The third kappa shape index (κ3) is 4.42. The number of hydrogen-bond donors (Lipinski definition) is 1. The van der Waals surface area contributed by atoms with E-state index in [1.807, 2.05) is 6.92 Å². The Morgan fingerprint density at radius 3 is 2.83 bits per heavy atom. The molecule has 0 aliphatic rings. The molecule has 1 rings (SSSR count). The van der Waals surface area contributed by atoms with Gasteiger partial charge in [0.15, 0.2) is 0 Å². The van der Waals surface area contributed by atoms with Crippen molar-refractivity contribution in [3.05, 3.63) is 32.8 Å². The summed E-state index contributed by atoms with van der Waals surface area (Å²) in [5.74, 6) is -0.288. The fourth-order valence-corrected chi connectivity index (χ4v) is 1.76. The molecule has 0 radical (unpaired) electrons. The Labute approximate surface area is 113 Å². The van der Waals surface area contributed by atoms with Crippen molar-refractivity contribution >= 4 is 33.2 Å². The highest BCUT2D eigenvalue weighted by Gasteiger charge is 2.12. The van der Waals surface area contributed by atoms with Crippen molar-refractivity contribution in [1.82, 2.24) is 0 Å². The highest BCUT2D eigenvalue weighted by atomic mass is 79.9. The predicted octanol–water partition coefficient (Wildman–Crippen LogP) is 2.72. The van der Waals surface area contributed by atoms with E-state index >= 15 is 0 Å². The topological polar surface area (TPSA) is 81.5 Å². The third-order valence-electron chi connectivity index (χ3n) is 2.01. The van der Waals surface area contributed by atoms with Crippen LogP contribution in [0.1, 0.15) is 13.3 Å². The van der Waals surface area contributed by atoms with E-state index in [2.05, 4.69) is 21.2 Å². The second-order valence-corrected chi connectivity index (χ2v) is 4.38. The number of ether oxygens (including phenoxy) is 1. The van der Waals surface area contributed by atoms with Gasteiger partial charge < -0.3 is 10.1 Å². The number of halogens is 1. The van der Waals surface area contributed by atoms with Crippen molar-refractivity contribution in [2.45, 2.75) is 13.3 Å². The smallest absolute Gasteiger partial charge is 0.283 e. The summed E-state index contributed by atoms with van der Waals surface area (Å²) < 4.78 is 5.40. The van der Waals surface area contributed by atoms with Gasteiger partial charge >= 0.3 is 0 Å². The van der Waals surface area contributed by atoms with Gasteiger partial charge in [0.1, 0.15) is 6.61 Å². The van der Waals surface area contributed by atoms with E-state index in [-0.39, 0.29) is 18.2 Å². The van der Waals surface area contributed by atoms with Crippen molar-refractivity contribution in [3.63, 3.8) is 0 Å². The van der Waals surface area contributed by atoms with E-state index < -0.39 is 4.92 Å². The summed E-state index contributed by atoms with van der Waals surface area (Å²) in [7, 11) is 0. The molecule has 7 heteroatoms. The van der Waals surface area contributed by atoms with Crippen LogP contribution in [-0.4, -0.2) is 24.0 Å². The first kappa shape index (κ1) is 14.6. The minimum absolute atomic E-state index is 0.0254. The van der Waals surface area contributed by atoms with Gasteiger partial charge in [-0.2, -0.15) is 0 Å². The summed E-state index contributed by atoms with van der Waals surface area (Å²) in [6, 6.07) is 4.28. The molecule has 98 valence electrons. The van der Waals surface area contributed by atoms with Crippen molar-refractivity contribution in [2.75, 3.05) is 18.5 Å². The normalized spacial score (nSPS) is 10.1. The molecule has 1 aromatic rings. The Balaban J connectivity index is 2.60. The minimum atomic E-state index is -0.500. The van der Waals surface area contributed by atoms with Gasteiger partial charge in [-0.25, -0.2) is 0 Å². The molecule has 0 fully saturated rings. The lowest BCUT2D eigenvalue weighted by Crippen LogP contribution is -2.18. The fourth-order valence-electron chi connectivity index (χ4n) is 1.24. The number of carbonyl (C=O) groups excluding carboxylic acids is 1. The van der Waals surface area contributed by atoms with Crippen LogP contribution in [0.4, 0.5) is 11.4 Å². The summed E-state index contributed by atoms with van der Waals surface area (Å²) in [6.07, 6.45) is 0.844. The maximum atomic E-state index is 11.4. The molecule has 1 aromatic carbocycles. The molecule has 0 spiro atoms. The lowest BCUT2D eigenvalue weighted by atomic mass is 10.3. The van der Waals surface area contributed by atoms with Crippen molar-refractivity contribution in [1.29, 1.82) is 0 Å². The molecule has 1 N–H and O–H groups in total. The zero-order chi connectivity index (χ0) is 13.5. The number of hydrogen-bond acceptors (Lipinski definition) is 4. The Kier molecular flexibility index (Phi) is 5.73. The minimum Gasteiger partial charge on any atom is -0.372 e. The molecule has 0 heterocycles. The SMILES string of the molecule is CCCOCC(=O)Nc1ccc([N+](=O)[O-])c(Br)c1. The molecule has 6 nitrogen and oxygen atoms in total. The lowest BCUT2D eigenvalue weighted by molar-refractivity contribution is -0.385. The van der Waals surface area contributed by atoms with Crippen LogP contribution >= 0.6 is 15.9 Å². The Morgan fingerprint density at radius 1 is 1.56 bits per heavy atom. The third-order valence-corrected chi connectivity index (χ3v) is 2.64. The van der Waals surface area contributed by atoms with Gasteiger partial charge in [0.2, 0.25) is 5.91 Å². The molecular formula is C11H13BrN2O4. The molecule has 0 aliphatic heterocycles. The van der Waals surface area contributed by atoms with Gasteiger partial charge in [-0.05, 0) is 34.5 Å². The van der Waals surface area contributed by atoms with Crippen LogP contribution in [0.3, 0.4) is 0 Å². The van der Waals surface area contributed by atoms with Crippen LogP contribution in [-0.2, 0) is 9.53 Å².